The largest absolute Gasteiger partial charge is 0.371 e. The lowest BCUT2D eigenvalue weighted by Gasteiger charge is -2.23. The predicted octanol–water partition coefficient (Wildman–Crippen LogP) is 3.93. The fourth-order valence-electron chi connectivity index (χ4n) is 1.69. The maximum atomic E-state index is 5.90. The molecule has 0 spiro atoms. The summed E-state index contributed by atoms with van der Waals surface area (Å²) in [6.45, 7) is 12.5. The number of hydrogen-bond acceptors (Lipinski definition) is 2. The fraction of sp³-hybridized carbons (Fsp3) is 0.647. The van der Waals surface area contributed by atoms with Crippen LogP contribution in [0, 0.1) is 0 Å². The molecule has 108 valence electrons. The van der Waals surface area contributed by atoms with Crippen LogP contribution in [-0.2, 0) is 17.8 Å². The van der Waals surface area contributed by atoms with Crippen molar-refractivity contribution in [1.82, 2.24) is 5.32 Å². The van der Waals surface area contributed by atoms with Crippen LogP contribution >= 0.6 is 0 Å². The second-order valence-electron chi connectivity index (χ2n) is 6.08. The Hall–Kier alpha value is -0.860. The highest BCUT2D eigenvalue weighted by Crippen LogP contribution is 2.16. The summed E-state index contributed by atoms with van der Waals surface area (Å²) in [6.07, 6.45) is 2.12. The normalized spacial score (nSPS) is 12.1. The molecule has 19 heavy (non-hydrogen) atoms. The van der Waals surface area contributed by atoms with Crippen LogP contribution < -0.4 is 5.32 Å². The topological polar surface area (TPSA) is 21.3 Å². The van der Waals surface area contributed by atoms with E-state index in [9.17, 15) is 0 Å². The van der Waals surface area contributed by atoms with Gasteiger partial charge in [0, 0.05) is 6.04 Å². The Kier molecular flexibility index (Phi) is 6.53. The second kappa shape index (κ2) is 7.66. The van der Waals surface area contributed by atoms with Crippen molar-refractivity contribution in [3.8, 4) is 0 Å². The zero-order valence-electron chi connectivity index (χ0n) is 13.1. The number of nitrogens with one attached hydrogen (secondary N) is 1. The van der Waals surface area contributed by atoms with Crippen LogP contribution in [0.3, 0.4) is 0 Å². The van der Waals surface area contributed by atoms with Crippen molar-refractivity contribution >= 4 is 0 Å². The summed E-state index contributed by atoms with van der Waals surface area (Å²) in [4.78, 5) is 0. The summed E-state index contributed by atoms with van der Waals surface area (Å²) in [5.41, 5.74) is 2.61. The predicted molar refractivity (Wildman–Crippen MR) is 82.4 cm³/mol. The van der Waals surface area contributed by atoms with E-state index in [-0.39, 0.29) is 5.60 Å². The molecular formula is C17H29NO. The lowest BCUT2D eigenvalue weighted by molar-refractivity contribution is -0.0316. The van der Waals surface area contributed by atoms with Gasteiger partial charge in [0.15, 0.2) is 0 Å². The van der Waals surface area contributed by atoms with Gasteiger partial charge in [-0.2, -0.15) is 0 Å². The number of benzene rings is 1. The van der Waals surface area contributed by atoms with Crippen molar-refractivity contribution in [2.24, 2.45) is 0 Å². The van der Waals surface area contributed by atoms with Crippen molar-refractivity contribution in [1.29, 1.82) is 0 Å². The molecule has 0 radical (unpaired) electrons. The Morgan fingerprint density at radius 2 is 1.68 bits per heavy atom. The molecule has 0 aliphatic carbocycles. The molecule has 1 aromatic rings. The van der Waals surface area contributed by atoms with E-state index >= 15 is 0 Å². The summed E-state index contributed by atoms with van der Waals surface area (Å²) in [7, 11) is 0. The van der Waals surface area contributed by atoms with E-state index in [0.29, 0.717) is 12.6 Å². The van der Waals surface area contributed by atoms with Gasteiger partial charge in [-0.15, -0.1) is 0 Å². The van der Waals surface area contributed by atoms with E-state index in [1.54, 1.807) is 0 Å². The molecule has 0 saturated heterocycles. The lowest BCUT2D eigenvalue weighted by atomic mass is 10.1. The standard InChI is InChI=1S/C17H29NO/c1-6-17(4,5)19-13-16-9-7-15(8-10-16)11-12-18-14(2)3/h7-10,14,18H,6,11-13H2,1-5H3. The quantitative estimate of drug-likeness (QED) is 0.767. The molecule has 0 aromatic heterocycles. The Labute approximate surface area is 118 Å². The number of hydrogen-bond donors (Lipinski definition) is 1. The van der Waals surface area contributed by atoms with Crippen molar-refractivity contribution in [2.45, 2.75) is 65.7 Å². The van der Waals surface area contributed by atoms with E-state index in [2.05, 4.69) is 64.2 Å². The summed E-state index contributed by atoms with van der Waals surface area (Å²) in [5.74, 6) is 0. The first kappa shape index (κ1) is 16.2. The summed E-state index contributed by atoms with van der Waals surface area (Å²) in [5, 5.41) is 3.44. The van der Waals surface area contributed by atoms with Gasteiger partial charge < -0.3 is 10.1 Å². The molecule has 0 fully saturated rings. The van der Waals surface area contributed by atoms with E-state index in [1.165, 1.54) is 11.1 Å². The van der Waals surface area contributed by atoms with Crippen LogP contribution in [0.1, 0.15) is 52.2 Å². The number of ether oxygens (including phenoxy) is 1. The third-order valence-electron chi connectivity index (χ3n) is 3.47. The summed E-state index contributed by atoms with van der Waals surface area (Å²) >= 11 is 0. The van der Waals surface area contributed by atoms with Gasteiger partial charge in [-0.3, -0.25) is 0 Å². The highest BCUT2D eigenvalue weighted by atomic mass is 16.5. The molecular weight excluding hydrogens is 234 g/mol. The first-order valence-electron chi connectivity index (χ1n) is 7.38. The lowest BCUT2D eigenvalue weighted by Crippen LogP contribution is -2.24. The summed E-state index contributed by atoms with van der Waals surface area (Å²) < 4.78 is 5.90. The minimum atomic E-state index is -0.0279. The molecule has 1 rings (SSSR count). The third-order valence-corrected chi connectivity index (χ3v) is 3.47. The van der Waals surface area contributed by atoms with Gasteiger partial charge in [0.05, 0.1) is 12.2 Å². The monoisotopic (exact) mass is 263 g/mol. The van der Waals surface area contributed by atoms with E-state index in [1.807, 2.05) is 0 Å². The van der Waals surface area contributed by atoms with Crippen LogP contribution in [0.15, 0.2) is 24.3 Å². The molecule has 2 heteroatoms. The Morgan fingerprint density at radius 3 is 2.21 bits per heavy atom. The Morgan fingerprint density at radius 1 is 1.11 bits per heavy atom. The molecule has 0 aliphatic heterocycles. The molecule has 1 N–H and O–H groups in total. The molecule has 1 aromatic carbocycles. The minimum absolute atomic E-state index is 0.0279. The SMILES string of the molecule is CCC(C)(C)OCc1ccc(CCNC(C)C)cc1. The first-order chi connectivity index (χ1) is 8.93. The van der Waals surface area contributed by atoms with Crippen LogP contribution in [0.2, 0.25) is 0 Å². The van der Waals surface area contributed by atoms with Crippen LogP contribution in [-0.4, -0.2) is 18.2 Å². The zero-order chi connectivity index (χ0) is 14.3. The Bertz CT molecular complexity index is 354. The average Bonchev–Trinajstić information content (AvgIpc) is 2.37. The van der Waals surface area contributed by atoms with Gasteiger partial charge in [-0.05, 0) is 44.4 Å². The van der Waals surface area contributed by atoms with Gasteiger partial charge >= 0.3 is 0 Å². The third kappa shape index (κ3) is 6.74. The highest BCUT2D eigenvalue weighted by Gasteiger charge is 2.14. The van der Waals surface area contributed by atoms with E-state index in [0.717, 1.165) is 19.4 Å². The molecule has 0 heterocycles. The Balaban J connectivity index is 2.39. The van der Waals surface area contributed by atoms with Gasteiger partial charge in [-0.25, -0.2) is 0 Å². The molecule has 0 saturated carbocycles. The van der Waals surface area contributed by atoms with Gasteiger partial charge in [-0.1, -0.05) is 45.0 Å². The van der Waals surface area contributed by atoms with Crippen molar-refractivity contribution in [3.05, 3.63) is 35.4 Å². The van der Waals surface area contributed by atoms with Gasteiger partial charge in [0.1, 0.15) is 0 Å². The van der Waals surface area contributed by atoms with E-state index < -0.39 is 0 Å². The zero-order valence-corrected chi connectivity index (χ0v) is 13.1. The highest BCUT2D eigenvalue weighted by molar-refractivity contribution is 5.22. The smallest absolute Gasteiger partial charge is 0.0724 e. The molecule has 2 nitrogen and oxygen atoms in total. The van der Waals surface area contributed by atoms with Crippen molar-refractivity contribution < 1.29 is 4.74 Å². The maximum Gasteiger partial charge on any atom is 0.0724 e. The van der Waals surface area contributed by atoms with E-state index in [4.69, 9.17) is 4.74 Å². The number of rotatable bonds is 8. The maximum absolute atomic E-state index is 5.90. The fourth-order valence-corrected chi connectivity index (χ4v) is 1.69. The van der Waals surface area contributed by atoms with Crippen LogP contribution in [0.4, 0.5) is 0 Å². The van der Waals surface area contributed by atoms with Gasteiger partial charge in [0.2, 0.25) is 0 Å². The molecule has 0 unspecified atom stereocenters. The van der Waals surface area contributed by atoms with Gasteiger partial charge in [0.25, 0.3) is 0 Å². The average molecular weight is 263 g/mol. The molecule has 0 atom stereocenters. The van der Waals surface area contributed by atoms with Crippen molar-refractivity contribution in [3.63, 3.8) is 0 Å². The van der Waals surface area contributed by atoms with Crippen molar-refractivity contribution in [2.75, 3.05) is 6.54 Å². The second-order valence-corrected chi connectivity index (χ2v) is 6.08. The molecule has 0 bridgehead atoms. The van der Waals surface area contributed by atoms with Crippen LogP contribution in [0.25, 0.3) is 0 Å². The molecule has 0 aliphatic rings. The van der Waals surface area contributed by atoms with Crippen LogP contribution in [0.5, 0.6) is 0 Å². The summed E-state index contributed by atoms with van der Waals surface area (Å²) in [6, 6.07) is 9.33. The molecule has 0 amide bonds. The first-order valence-corrected chi connectivity index (χ1v) is 7.38. The minimum Gasteiger partial charge on any atom is -0.371 e.